The van der Waals surface area contributed by atoms with Gasteiger partial charge in [-0.25, -0.2) is 0 Å². The van der Waals surface area contributed by atoms with Crippen LogP contribution in [0.3, 0.4) is 0 Å². The van der Waals surface area contributed by atoms with Crippen molar-refractivity contribution in [2.24, 2.45) is 5.73 Å². The second kappa shape index (κ2) is 7.87. The molecular weight excluding hydrogens is 406 g/mol. The van der Waals surface area contributed by atoms with E-state index < -0.39 is 17.3 Å². The summed E-state index contributed by atoms with van der Waals surface area (Å²) < 4.78 is 12.4. The summed E-state index contributed by atoms with van der Waals surface area (Å²) >= 11 is 6.75. The number of nitrogens with two attached hydrogens (primary N) is 1. The number of amides is 1. The van der Waals surface area contributed by atoms with Crippen LogP contribution in [0.4, 0.5) is 0 Å². The van der Waals surface area contributed by atoms with Gasteiger partial charge in [-0.15, -0.1) is 0 Å². The van der Waals surface area contributed by atoms with Crippen LogP contribution in [-0.2, 0) is 14.3 Å². The Morgan fingerprint density at radius 1 is 1.33 bits per heavy atom. The lowest BCUT2D eigenvalue weighted by Gasteiger charge is -2.38. The molecule has 0 bridgehead atoms. The van der Waals surface area contributed by atoms with Crippen LogP contribution < -0.4 is 5.73 Å². The zero-order chi connectivity index (χ0) is 16.1. The minimum atomic E-state index is -1.46. The van der Waals surface area contributed by atoms with Gasteiger partial charge in [0, 0.05) is 7.11 Å². The predicted molar refractivity (Wildman–Crippen MR) is 88.0 cm³/mol. The standard InChI is InChI=1S/C14H21Br2NO4/c1-3-4-5-6-21-14(20-2)10(15)7-13(19,8-11(14)16)9-12(17)18/h7-8,19H,3-6,9H2,1-2H3,(H2,17,18). The van der Waals surface area contributed by atoms with Gasteiger partial charge in [-0.1, -0.05) is 19.8 Å². The predicted octanol–water partition coefficient (Wildman–Crippen LogP) is 2.71. The SMILES string of the molecule is CCCCCOC1(OC)C(Br)=CC(O)(CC(N)=O)C=C1Br. The summed E-state index contributed by atoms with van der Waals surface area (Å²) in [6.45, 7) is 2.63. The maximum Gasteiger partial charge on any atom is 0.235 e. The number of aliphatic hydroxyl groups is 1. The molecule has 0 aromatic carbocycles. The molecule has 0 saturated carbocycles. The molecule has 7 heteroatoms. The van der Waals surface area contributed by atoms with Crippen LogP contribution in [0.15, 0.2) is 21.1 Å². The average molecular weight is 427 g/mol. The second-order valence-corrected chi connectivity index (χ2v) is 6.70. The van der Waals surface area contributed by atoms with Crippen LogP contribution >= 0.6 is 31.9 Å². The lowest BCUT2D eigenvalue weighted by atomic mass is 9.91. The van der Waals surface area contributed by atoms with Crippen LogP contribution in [0.25, 0.3) is 0 Å². The lowest BCUT2D eigenvalue weighted by molar-refractivity contribution is -0.161. The van der Waals surface area contributed by atoms with Gasteiger partial charge in [-0.2, -0.15) is 0 Å². The third-order valence-corrected chi connectivity index (χ3v) is 4.68. The van der Waals surface area contributed by atoms with E-state index in [4.69, 9.17) is 15.2 Å². The molecule has 3 N–H and O–H groups in total. The van der Waals surface area contributed by atoms with Crippen LogP contribution in [-0.4, -0.2) is 36.1 Å². The summed E-state index contributed by atoms with van der Waals surface area (Å²) in [6, 6.07) is 0. The maximum absolute atomic E-state index is 11.1. The van der Waals surface area contributed by atoms with E-state index in [-0.39, 0.29) is 6.42 Å². The van der Waals surface area contributed by atoms with Crippen molar-refractivity contribution in [3.05, 3.63) is 21.1 Å². The fourth-order valence-corrected chi connectivity index (χ4v) is 4.16. The van der Waals surface area contributed by atoms with Crippen molar-refractivity contribution in [1.29, 1.82) is 0 Å². The van der Waals surface area contributed by atoms with E-state index in [1.807, 2.05) is 0 Å². The van der Waals surface area contributed by atoms with Crippen molar-refractivity contribution >= 4 is 37.8 Å². The summed E-state index contributed by atoms with van der Waals surface area (Å²) in [5.41, 5.74) is 3.70. The molecule has 1 aliphatic carbocycles. The van der Waals surface area contributed by atoms with Gasteiger partial charge in [0.15, 0.2) is 0 Å². The largest absolute Gasteiger partial charge is 0.381 e. The molecule has 0 heterocycles. The first-order valence-electron chi connectivity index (χ1n) is 6.77. The van der Waals surface area contributed by atoms with E-state index in [0.717, 1.165) is 19.3 Å². The van der Waals surface area contributed by atoms with Gasteiger partial charge in [0.1, 0.15) is 5.60 Å². The first-order chi connectivity index (χ1) is 9.79. The molecule has 0 fully saturated rings. The van der Waals surface area contributed by atoms with Gasteiger partial charge in [-0.3, -0.25) is 4.79 Å². The summed E-state index contributed by atoms with van der Waals surface area (Å²) in [5, 5.41) is 10.4. The quantitative estimate of drug-likeness (QED) is 0.461. The molecule has 0 spiro atoms. The Labute approximate surface area is 141 Å². The number of hydrogen-bond donors (Lipinski definition) is 2. The number of ether oxygens (including phenoxy) is 2. The Bertz CT molecular complexity index is 428. The molecular formula is C14H21Br2NO4. The van der Waals surface area contributed by atoms with Crippen molar-refractivity contribution < 1.29 is 19.4 Å². The molecule has 1 amide bonds. The van der Waals surface area contributed by atoms with Crippen LogP contribution in [0.1, 0.15) is 32.6 Å². The van der Waals surface area contributed by atoms with Gasteiger partial charge in [0.05, 0.1) is 22.0 Å². The number of methoxy groups -OCH3 is 1. The lowest BCUT2D eigenvalue weighted by Crippen LogP contribution is -2.43. The molecule has 0 aromatic heterocycles. The summed E-state index contributed by atoms with van der Waals surface area (Å²) in [4.78, 5) is 11.1. The number of unbranched alkanes of at least 4 members (excludes halogenated alkanes) is 2. The van der Waals surface area contributed by atoms with Gasteiger partial charge in [0.2, 0.25) is 11.7 Å². The topological polar surface area (TPSA) is 81.8 Å². The number of carbonyl (C=O) groups excluding carboxylic acids is 1. The fourth-order valence-electron chi connectivity index (χ4n) is 2.13. The first kappa shape index (κ1) is 18.8. The molecule has 0 aliphatic heterocycles. The molecule has 5 nitrogen and oxygen atoms in total. The normalized spacial score (nSPS) is 29.0. The van der Waals surface area contributed by atoms with E-state index in [1.54, 1.807) is 0 Å². The van der Waals surface area contributed by atoms with Gasteiger partial charge in [0.25, 0.3) is 0 Å². The zero-order valence-electron chi connectivity index (χ0n) is 12.2. The molecule has 0 radical (unpaired) electrons. The fraction of sp³-hybridized carbons (Fsp3) is 0.643. The van der Waals surface area contributed by atoms with Gasteiger partial charge in [-0.05, 0) is 50.4 Å². The highest BCUT2D eigenvalue weighted by Crippen LogP contribution is 2.44. The van der Waals surface area contributed by atoms with Crippen LogP contribution in [0.2, 0.25) is 0 Å². The number of primary amides is 1. The highest BCUT2D eigenvalue weighted by molar-refractivity contribution is 9.12. The third kappa shape index (κ3) is 4.63. The smallest absolute Gasteiger partial charge is 0.235 e. The highest BCUT2D eigenvalue weighted by atomic mass is 79.9. The van der Waals surface area contributed by atoms with Crippen molar-refractivity contribution in [3.8, 4) is 0 Å². The van der Waals surface area contributed by atoms with E-state index in [0.29, 0.717) is 15.6 Å². The summed E-state index contributed by atoms with van der Waals surface area (Å²) in [5.74, 6) is -1.73. The summed E-state index contributed by atoms with van der Waals surface area (Å²) in [6.07, 6.45) is 5.81. The molecule has 1 aliphatic rings. The van der Waals surface area contributed by atoms with E-state index in [9.17, 15) is 9.90 Å². The van der Waals surface area contributed by atoms with Crippen molar-refractivity contribution in [3.63, 3.8) is 0 Å². The van der Waals surface area contributed by atoms with Crippen molar-refractivity contribution in [1.82, 2.24) is 0 Å². The molecule has 1 rings (SSSR count). The molecule has 0 atom stereocenters. The minimum Gasteiger partial charge on any atom is -0.381 e. The van der Waals surface area contributed by atoms with Gasteiger partial charge >= 0.3 is 0 Å². The summed E-state index contributed by atoms with van der Waals surface area (Å²) in [7, 11) is 1.52. The third-order valence-electron chi connectivity index (χ3n) is 3.18. The Morgan fingerprint density at radius 2 is 1.90 bits per heavy atom. The number of halogens is 2. The monoisotopic (exact) mass is 425 g/mol. The maximum atomic E-state index is 11.1. The first-order valence-corrected chi connectivity index (χ1v) is 8.35. The Balaban J connectivity index is 2.95. The van der Waals surface area contributed by atoms with Crippen molar-refractivity contribution in [2.75, 3.05) is 13.7 Å². The van der Waals surface area contributed by atoms with E-state index in [2.05, 4.69) is 38.8 Å². The number of hydrogen-bond acceptors (Lipinski definition) is 4. The second-order valence-electron chi connectivity index (χ2n) is 5.00. The number of carbonyl (C=O) groups is 1. The molecule has 0 aromatic rings. The van der Waals surface area contributed by atoms with Crippen molar-refractivity contribution in [2.45, 2.75) is 44.0 Å². The van der Waals surface area contributed by atoms with Crippen LogP contribution in [0.5, 0.6) is 0 Å². The van der Waals surface area contributed by atoms with E-state index in [1.165, 1.54) is 19.3 Å². The molecule has 0 saturated heterocycles. The van der Waals surface area contributed by atoms with Crippen LogP contribution in [0, 0.1) is 0 Å². The number of rotatable bonds is 8. The Kier molecular flexibility index (Phi) is 7.06. The molecule has 120 valence electrons. The average Bonchev–Trinajstić information content (AvgIpc) is 2.36. The molecule has 0 unspecified atom stereocenters. The highest BCUT2D eigenvalue weighted by Gasteiger charge is 2.45. The zero-order valence-corrected chi connectivity index (χ0v) is 15.4. The Morgan fingerprint density at radius 3 is 2.33 bits per heavy atom. The van der Waals surface area contributed by atoms with E-state index >= 15 is 0 Å². The Hall–Kier alpha value is -0.210. The minimum absolute atomic E-state index is 0.215. The van der Waals surface area contributed by atoms with Gasteiger partial charge < -0.3 is 20.3 Å². The molecule has 21 heavy (non-hydrogen) atoms.